The van der Waals surface area contributed by atoms with E-state index in [1.165, 1.54) is 43.3 Å². The average Bonchev–Trinajstić information content (AvgIpc) is 2.30. The standard InChI is InChI=1S/C12H25N3O2/c1-15(2)10-8-6-4-3-5-7-9-12(14-17)11-13-16/h9,11,14,16-17H,3-8,10H2,1-2H3/p+1/b12-9-,13-11-. The van der Waals surface area contributed by atoms with Crippen LogP contribution in [0.1, 0.15) is 38.5 Å². The van der Waals surface area contributed by atoms with Crippen LogP contribution >= 0.6 is 0 Å². The summed E-state index contributed by atoms with van der Waals surface area (Å²) in [6.07, 6.45) is 10.0. The normalized spacial score (nSPS) is 12.6. The van der Waals surface area contributed by atoms with E-state index in [1.807, 2.05) is 11.6 Å². The molecule has 0 atom stereocenters. The first kappa shape index (κ1) is 15.9. The van der Waals surface area contributed by atoms with E-state index in [1.54, 1.807) is 0 Å². The van der Waals surface area contributed by atoms with Gasteiger partial charge < -0.3 is 10.1 Å². The summed E-state index contributed by atoms with van der Waals surface area (Å²) in [5.41, 5.74) is 2.41. The average molecular weight is 244 g/mol. The Kier molecular flexibility index (Phi) is 10.7. The first-order valence-corrected chi connectivity index (χ1v) is 6.27. The monoisotopic (exact) mass is 244 g/mol. The number of hydrogen-bond donors (Lipinski definition) is 4. The molecule has 0 unspecified atom stereocenters. The summed E-state index contributed by atoms with van der Waals surface area (Å²) in [6, 6.07) is 0. The molecule has 0 saturated heterocycles. The van der Waals surface area contributed by atoms with Crippen molar-refractivity contribution in [2.75, 3.05) is 20.6 Å². The number of hydroxylamine groups is 1. The molecule has 0 aromatic heterocycles. The first-order chi connectivity index (χ1) is 8.20. The highest BCUT2D eigenvalue weighted by molar-refractivity contribution is 5.76. The second-order valence-electron chi connectivity index (χ2n) is 4.53. The van der Waals surface area contributed by atoms with Crippen LogP contribution in [0.4, 0.5) is 0 Å². The van der Waals surface area contributed by atoms with Crippen LogP contribution in [0.5, 0.6) is 0 Å². The van der Waals surface area contributed by atoms with Gasteiger partial charge >= 0.3 is 0 Å². The molecule has 0 aliphatic rings. The predicted molar refractivity (Wildman–Crippen MR) is 68.7 cm³/mol. The maximum atomic E-state index is 8.66. The first-order valence-electron chi connectivity index (χ1n) is 6.27. The smallest absolute Gasteiger partial charge is 0.0912 e. The Hall–Kier alpha value is -1.07. The molecule has 0 aromatic rings. The minimum absolute atomic E-state index is 0.434. The van der Waals surface area contributed by atoms with Crippen molar-refractivity contribution >= 4 is 6.21 Å². The van der Waals surface area contributed by atoms with Crippen molar-refractivity contribution in [1.29, 1.82) is 0 Å². The maximum Gasteiger partial charge on any atom is 0.0912 e. The fourth-order valence-electron chi connectivity index (χ4n) is 1.60. The van der Waals surface area contributed by atoms with Crippen LogP contribution in [-0.2, 0) is 0 Å². The molecule has 17 heavy (non-hydrogen) atoms. The van der Waals surface area contributed by atoms with E-state index in [9.17, 15) is 0 Å². The third kappa shape index (κ3) is 11.2. The highest BCUT2D eigenvalue weighted by Crippen LogP contribution is 2.05. The second kappa shape index (κ2) is 11.4. The molecule has 100 valence electrons. The van der Waals surface area contributed by atoms with Gasteiger partial charge in [0.25, 0.3) is 0 Å². The fourth-order valence-corrected chi connectivity index (χ4v) is 1.60. The van der Waals surface area contributed by atoms with Gasteiger partial charge in [0.15, 0.2) is 0 Å². The van der Waals surface area contributed by atoms with Crippen molar-refractivity contribution < 1.29 is 15.3 Å². The molecule has 0 amide bonds. The third-order valence-electron chi connectivity index (χ3n) is 2.57. The van der Waals surface area contributed by atoms with Gasteiger partial charge in [-0.25, -0.2) is 0 Å². The Bertz CT molecular complexity index is 228. The number of unbranched alkanes of at least 4 members (excludes halogenated alkanes) is 5. The number of quaternary nitrogens is 1. The number of nitrogens with one attached hydrogen (secondary N) is 2. The molecular formula is C12H26N3O2+. The molecule has 5 nitrogen and oxygen atoms in total. The molecule has 0 fully saturated rings. The highest BCUT2D eigenvalue weighted by atomic mass is 16.5. The zero-order valence-corrected chi connectivity index (χ0v) is 10.9. The van der Waals surface area contributed by atoms with Crippen molar-refractivity contribution in [1.82, 2.24) is 5.48 Å². The molecule has 5 heteroatoms. The van der Waals surface area contributed by atoms with Gasteiger partial charge in [0, 0.05) is 0 Å². The summed E-state index contributed by atoms with van der Waals surface area (Å²) in [5, 5.41) is 19.8. The van der Waals surface area contributed by atoms with E-state index in [2.05, 4.69) is 19.3 Å². The van der Waals surface area contributed by atoms with Crippen molar-refractivity contribution in [2.45, 2.75) is 38.5 Å². The fraction of sp³-hybridized carbons (Fsp3) is 0.750. The summed E-state index contributed by atoms with van der Waals surface area (Å²) in [5.74, 6) is 0. The van der Waals surface area contributed by atoms with Crippen molar-refractivity contribution in [3.05, 3.63) is 11.8 Å². The lowest BCUT2D eigenvalue weighted by atomic mass is 10.1. The molecule has 0 radical (unpaired) electrons. The van der Waals surface area contributed by atoms with Gasteiger partial charge in [-0.3, -0.25) is 10.7 Å². The van der Waals surface area contributed by atoms with Crippen LogP contribution in [0.2, 0.25) is 0 Å². The van der Waals surface area contributed by atoms with Gasteiger partial charge in [0.05, 0.1) is 32.6 Å². The van der Waals surface area contributed by atoms with Crippen LogP contribution in [-0.4, -0.2) is 37.3 Å². The quantitative estimate of drug-likeness (QED) is 0.199. The summed E-state index contributed by atoms with van der Waals surface area (Å²) in [6.45, 7) is 1.24. The predicted octanol–water partition coefficient (Wildman–Crippen LogP) is 0.794. The van der Waals surface area contributed by atoms with Crippen LogP contribution in [0.25, 0.3) is 0 Å². The molecule has 0 aliphatic heterocycles. The van der Waals surface area contributed by atoms with Crippen LogP contribution in [0.15, 0.2) is 16.9 Å². The van der Waals surface area contributed by atoms with Gasteiger partial charge in [-0.05, 0) is 25.7 Å². The lowest BCUT2D eigenvalue weighted by molar-refractivity contribution is -0.858. The molecule has 0 aromatic carbocycles. The number of oxime groups is 1. The summed E-state index contributed by atoms with van der Waals surface area (Å²) >= 11 is 0. The molecular weight excluding hydrogens is 218 g/mol. The molecule has 0 saturated carbocycles. The Morgan fingerprint density at radius 1 is 1.18 bits per heavy atom. The SMILES string of the molecule is C[NH+](C)CCCCCCC/C=C(/C=N\O)NO. The Balaban J connectivity index is 3.39. The highest BCUT2D eigenvalue weighted by Gasteiger charge is 1.94. The van der Waals surface area contributed by atoms with E-state index in [0.717, 1.165) is 12.8 Å². The number of hydrogen-bond acceptors (Lipinski definition) is 4. The Labute approximate surface area is 104 Å². The molecule has 4 N–H and O–H groups in total. The van der Waals surface area contributed by atoms with Crippen molar-refractivity contribution in [2.24, 2.45) is 5.16 Å². The lowest BCUT2D eigenvalue weighted by Gasteiger charge is -2.06. The third-order valence-corrected chi connectivity index (χ3v) is 2.57. The minimum Gasteiger partial charge on any atom is -0.411 e. The maximum absolute atomic E-state index is 8.66. The second-order valence-corrected chi connectivity index (χ2v) is 4.53. The van der Waals surface area contributed by atoms with Crippen molar-refractivity contribution in [3.8, 4) is 0 Å². The topological polar surface area (TPSA) is 69.3 Å². The molecule has 0 heterocycles. The van der Waals surface area contributed by atoms with Crippen LogP contribution in [0.3, 0.4) is 0 Å². The minimum atomic E-state index is 0.434. The summed E-state index contributed by atoms with van der Waals surface area (Å²) in [4.78, 5) is 1.51. The zero-order chi connectivity index (χ0) is 12.9. The Morgan fingerprint density at radius 2 is 1.82 bits per heavy atom. The van der Waals surface area contributed by atoms with Crippen molar-refractivity contribution in [3.63, 3.8) is 0 Å². The van der Waals surface area contributed by atoms with Gasteiger partial charge in [0.2, 0.25) is 0 Å². The van der Waals surface area contributed by atoms with E-state index < -0.39 is 0 Å². The van der Waals surface area contributed by atoms with E-state index in [0.29, 0.717) is 5.70 Å². The molecule has 0 rings (SSSR count). The van der Waals surface area contributed by atoms with Gasteiger partial charge in [-0.15, -0.1) is 0 Å². The van der Waals surface area contributed by atoms with Crippen LogP contribution < -0.4 is 10.4 Å². The lowest BCUT2D eigenvalue weighted by Crippen LogP contribution is -3.05. The number of allylic oxidation sites excluding steroid dienone is 2. The van der Waals surface area contributed by atoms with Gasteiger partial charge in [-0.1, -0.05) is 24.1 Å². The van der Waals surface area contributed by atoms with E-state index >= 15 is 0 Å². The molecule has 0 bridgehead atoms. The summed E-state index contributed by atoms with van der Waals surface area (Å²) in [7, 11) is 4.36. The molecule has 0 spiro atoms. The van der Waals surface area contributed by atoms with Crippen LogP contribution in [0, 0.1) is 0 Å². The zero-order valence-electron chi connectivity index (χ0n) is 10.9. The largest absolute Gasteiger partial charge is 0.411 e. The molecule has 0 aliphatic carbocycles. The number of rotatable bonds is 10. The Morgan fingerprint density at radius 3 is 2.41 bits per heavy atom. The summed E-state index contributed by atoms with van der Waals surface area (Å²) < 4.78 is 0. The van der Waals surface area contributed by atoms with E-state index in [4.69, 9.17) is 10.4 Å². The number of nitrogens with zero attached hydrogens (tertiary/aromatic N) is 1. The van der Waals surface area contributed by atoms with E-state index in [-0.39, 0.29) is 0 Å². The van der Waals surface area contributed by atoms with Gasteiger partial charge in [0.1, 0.15) is 0 Å². The van der Waals surface area contributed by atoms with Gasteiger partial charge in [-0.2, -0.15) is 0 Å².